The van der Waals surface area contributed by atoms with Gasteiger partial charge in [0, 0.05) is 12.1 Å². The number of amides is 3. The molecule has 0 radical (unpaired) electrons. The van der Waals surface area contributed by atoms with E-state index in [0.29, 0.717) is 11.8 Å². The number of benzene rings is 1. The fourth-order valence-electron chi connectivity index (χ4n) is 1.76. The number of hydrogen-bond donors (Lipinski definition) is 2. The number of thioether (sulfide) groups is 1. The van der Waals surface area contributed by atoms with Crippen molar-refractivity contribution in [3.8, 4) is 0 Å². The number of rotatable bonds is 5. The molecule has 116 valence electrons. The molecule has 1 fully saturated rings. The second kappa shape index (κ2) is 7.19. The third-order valence-electron chi connectivity index (χ3n) is 2.80. The minimum Gasteiger partial charge on any atom is -0.395 e. The van der Waals surface area contributed by atoms with Gasteiger partial charge in [0.1, 0.15) is 12.4 Å². The largest absolute Gasteiger partial charge is 0.395 e. The smallest absolute Gasteiger partial charge is 0.294 e. The molecule has 0 aromatic heterocycles. The number of hydrogen-bond acceptors (Lipinski definition) is 5. The lowest BCUT2D eigenvalue weighted by Gasteiger charge is -2.11. The van der Waals surface area contributed by atoms with Crippen molar-refractivity contribution in [3.05, 3.63) is 40.6 Å². The molecule has 2 N–H and O–H groups in total. The maximum atomic E-state index is 13.6. The van der Waals surface area contributed by atoms with Gasteiger partial charge in [0.25, 0.3) is 11.1 Å². The van der Waals surface area contributed by atoms with Crippen LogP contribution >= 0.6 is 11.8 Å². The zero-order valence-corrected chi connectivity index (χ0v) is 12.2. The Bertz CT molecular complexity index is 647. The quantitative estimate of drug-likeness (QED) is 0.788. The average molecular weight is 324 g/mol. The van der Waals surface area contributed by atoms with Crippen LogP contribution in [0.3, 0.4) is 0 Å². The minimum atomic E-state index is -0.641. The maximum absolute atomic E-state index is 13.6. The highest BCUT2D eigenvalue weighted by Crippen LogP contribution is 2.32. The molecule has 0 spiro atoms. The first-order chi connectivity index (χ1) is 10.5. The van der Waals surface area contributed by atoms with E-state index in [1.807, 2.05) is 0 Å². The van der Waals surface area contributed by atoms with E-state index in [4.69, 9.17) is 5.11 Å². The average Bonchev–Trinajstić information content (AvgIpc) is 2.75. The molecule has 0 unspecified atom stereocenters. The predicted octanol–water partition coefficient (Wildman–Crippen LogP) is 0.971. The zero-order chi connectivity index (χ0) is 16.1. The van der Waals surface area contributed by atoms with Crippen LogP contribution in [0.25, 0.3) is 6.08 Å². The van der Waals surface area contributed by atoms with Gasteiger partial charge < -0.3 is 10.4 Å². The van der Waals surface area contributed by atoms with E-state index in [9.17, 15) is 18.8 Å². The van der Waals surface area contributed by atoms with E-state index in [1.54, 1.807) is 6.07 Å². The van der Waals surface area contributed by atoms with Gasteiger partial charge in [-0.2, -0.15) is 0 Å². The molecule has 1 aromatic rings. The Morgan fingerprint density at radius 2 is 2.09 bits per heavy atom. The van der Waals surface area contributed by atoms with Crippen LogP contribution < -0.4 is 5.32 Å². The van der Waals surface area contributed by atoms with Gasteiger partial charge >= 0.3 is 0 Å². The van der Waals surface area contributed by atoms with Gasteiger partial charge in [0.2, 0.25) is 5.91 Å². The van der Waals surface area contributed by atoms with Crippen LogP contribution in [0.4, 0.5) is 9.18 Å². The third-order valence-corrected chi connectivity index (χ3v) is 3.71. The lowest BCUT2D eigenvalue weighted by Crippen LogP contribution is -2.40. The number of nitrogens with one attached hydrogen (secondary N) is 1. The van der Waals surface area contributed by atoms with Crippen LogP contribution in [-0.2, 0) is 9.59 Å². The fraction of sp³-hybridized carbons (Fsp3) is 0.214. The summed E-state index contributed by atoms with van der Waals surface area (Å²) in [6.45, 7) is -0.625. The molecule has 2 rings (SSSR count). The summed E-state index contributed by atoms with van der Waals surface area (Å²) in [5, 5.41) is 10.4. The molecule has 8 heteroatoms. The Kier molecular flexibility index (Phi) is 5.29. The zero-order valence-electron chi connectivity index (χ0n) is 11.4. The third kappa shape index (κ3) is 3.71. The molecule has 3 amide bonds. The summed E-state index contributed by atoms with van der Waals surface area (Å²) in [7, 11) is 0. The molecule has 1 aliphatic rings. The molecule has 1 aromatic carbocycles. The summed E-state index contributed by atoms with van der Waals surface area (Å²) < 4.78 is 13.6. The van der Waals surface area contributed by atoms with Crippen molar-refractivity contribution in [2.75, 3.05) is 19.7 Å². The summed E-state index contributed by atoms with van der Waals surface area (Å²) in [5.41, 5.74) is 0.192. The van der Waals surface area contributed by atoms with Crippen molar-refractivity contribution >= 4 is 34.9 Å². The summed E-state index contributed by atoms with van der Waals surface area (Å²) in [5.74, 6) is -1.70. The van der Waals surface area contributed by atoms with Gasteiger partial charge in [-0.3, -0.25) is 19.3 Å². The van der Waals surface area contributed by atoms with Crippen molar-refractivity contribution < 1.29 is 23.9 Å². The Morgan fingerprint density at radius 3 is 2.77 bits per heavy atom. The topological polar surface area (TPSA) is 86.7 Å². The van der Waals surface area contributed by atoms with Gasteiger partial charge in [0.05, 0.1) is 11.5 Å². The molecule has 1 saturated heterocycles. The first-order valence-electron chi connectivity index (χ1n) is 6.40. The summed E-state index contributed by atoms with van der Waals surface area (Å²) >= 11 is 0.654. The number of carbonyl (C=O) groups is 3. The number of imide groups is 1. The summed E-state index contributed by atoms with van der Waals surface area (Å²) in [6.07, 6.45) is 1.28. The van der Waals surface area contributed by atoms with Gasteiger partial charge in [0.15, 0.2) is 0 Å². The summed E-state index contributed by atoms with van der Waals surface area (Å²) in [4.78, 5) is 36.2. The highest BCUT2D eigenvalue weighted by atomic mass is 32.2. The van der Waals surface area contributed by atoms with E-state index in [1.165, 1.54) is 24.3 Å². The molecule has 1 heterocycles. The normalized spacial score (nSPS) is 16.5. The lowest BCUT2D eigenvalue weighted by molar-refractivity contribution is -0.129. The number of halogens is 1. The number of aliphatic hydroxyl groups is 1. The summed E-state index contributed by atoms with van der Waals surface area (Å²) in [6, 6.07) is 5.86. The standard InChI is InChI=1S/C14H13FN2O4S/c15-10-4-2-1-3-9(10)7-11-13(20)17(14(21)22-11)8-12(19)16-5-6-18/h1-4,7,18H,5-6,8H2,(H,16,19)/b11-7-. The van der Waals surface area contributed by atoms with Gasteiger partial charge in [-0.05, 0) is 23.9 Å². The van der Waals surface area contributed by atoms with Crippen LogP contribution in [-0.4, -0.2) is 46.8 Å². The minimum absolute atomic E-state index is 0.0418. The van der Waals surface area contributed by atoms with Crippen molar-refractivity contribution in [2.24, 2.45) is 0 Å². The molecule has 0 saturated carbocycles. The van der Waals surface area contributed by atoms with Crippen LogP contribution in [0, 0.1) is 5.82 Å². The van der Waals surface area contributed by atoms with Crippen molar-refractivity contribution in [1.29, 1.82) is 0 Å². The second-order valence-electron chi connectivity index (χ2n) is 4.36. The van der Waals surface area contributed by atoms with Crippen molar-refractivity contribution in [1.82, 2.24) is 10.2 Å². The highest BCUT2D eigenvalue weighted by Gasteiger charge is 2.36. The predicted molar refractivity (Wildman–Crippen MR) is 79.2 cm³/mol. The Balaban J connectivity index is 2.12. The van der Waals surface area contributed by atoms with Crippen LogP contribution in [0.5, 0.6) is 0 Å². The fourth-order valence-corrected chi connectivity index (χ4v) is 2.59. The lowest BCUT2D eigenvalue weighted by atomic mass is 10.2. The molecule has 6 nitrogen and oxygen atoms in total. The number of carbonyl (C=O) groups excluding carboxylic acids is 3. The molecular weight excluding hydrogens is 311 g/mol. The van der Waals surface area contributed by atoms with Gasteiger partial charge in [-0.1, -0.05) is 18.2 Å². The highest BCUT2D eigenvalue weighted by molar-refractivity contribution is 8.18. The molecule has 22 heavy (non-hydrogen) atoms. The van der Waals surface area contributed by atoms with Gasteiger partial charge in [-0.15, -0.1) is 0 Å². The monoisotopic (exact) mass is 324 g/mol. The van der Waals surface area contributed by atoms with E-state index in [0.717, 1.165) is 4.90 Å². The number of nitrogens with zero attached hydrogens (tertiary/aromatic N) is 1. The maximum Gasteiger partial charge on any atom is 0.294 e. The molecule has 0 bridgehead atoms. The van der Waals surface area contributed by atoms with E-state index in [-0.39, 0.29) is 23.6 Å². The van der Waals surface area contributed by atoms with E-state index < -0.39 is 29.4 Å². The Morgan fingerprint density at radius 1 is 1.36 bits per heavy atom. The molecule has 1 aliphatic heterocycles. The Hall–Kier alpha value is -2.19. The van der Waals surface area contributed by atoms with E-state index >= 15 is 0 Å². The Labute approximate surface area is 130 Å². The SMILES string of the molecule is O=C(CN1C(=O)S/C(=C\c2ccccc2F)C1=O)NCCO. The molecule has 0 aliphatic carbocycles. The van der Waals surface area contributed by atoms with E-state index in [2.05, 4.69) is 5.32 Å². The van der Waals surface area contributed by atoms with Crippen LogP contribution in [0.15, 0.2) is 29.2 Å². The van der Waals surface area contributed by atoms with Crippen molar-refractivity contribution in [3.63, 3.8) is 0 Å². The first kappa shape index (κ1) is 16.2. The molecule has 0 atom stereocenters. The first-order valence-corrected chi connectivity index (χ1v) is 7.22. The van der Waals surface area contributed by atoms with Crippen molar-refractivity contribution in [2.45, 2.75) is 0 Å². The number of aliphatic hydroxyl groups excluding tert-OH is 1. The second-order valence-corrected chi connectivity index (χ2v) is 5.36. The molecular formula is C14H13FN2O4S. The van der Waals surface area contributed by atoms with Crippen LogP contribution in [0.1, 0.15) is 5.56 Å². The van der Waals surface area contributed by atoms with Gasteiger partial charge in [-0.25, -0.2) is 4.39 Å². The van der Waals surface area contributed by atoms with Crippen LogP contribution in [0.2, 0.25) is 0 Å².